The van der Waals surface area contributed by atoms with Crippen LogP contribution in [0.4, 0.5) is 0 Å². The van der Waals surface area contributed by atoms with Crippen LogP contribution in [0.25, 0.3) is 16.5 Å². The zero-order chi connectivity index (χ0) is 26.5. The molecule has 9 heteroatoms. The fraction of sp³-hybridized carbons (Fsp3) is 0.276. The van der Waals surface area contributed by atoms with Crippen molar-refractivity contribution >= 4 is 40.3 Å². The molecule has 0 spiro atoms. The first kappa shape index (κ1) is 25.7. The van der Waals surface area contributed by atoms with E-state index >= 15 is 0 Å². The molecule has 2 heterocycles. The maximum Gasteiger partial charge on any atom is 0.305 e. The molecule has 3 aromatic carbocycles. The zero-order valence-corrected chi connectivity index (χ0v) is 21.9. The minimum Gasteiger partial charge on any atom is -0.466 e. The second-order valence-corrected chi connectivity index (χ2v) is 9.96. The van der Waals surface area contributed by atoms with Gasteiger partial charge in [-0.15, -0.1) is 10.2 Å². The van der Waals surface area contributed by atoms with Crippen molar-refractivity contribution in [2.75, 3.05) is 18.9 Å². The molecule has 0 unspecified atom stereocenters. The van der Waals surface area contributed by atoms with Crippen molar-refractivity contribution in [3.63, 3.8) is 0 Å². The van der Waals surface area contributed by atoms with Gasteiger partial charge in [0.1, 0.15) is 5.82 Å². The van der Waals surface area contributed by atoms with Gasteiger partial charge in [0, 0.05) is 47.3 Å². The van der Waals surface area contributed by atoms with Crippen LogP contribution in [0.5, 0.6) is 0 Å². The van der Waals surface area contributed by atoms with Gasteiger partial charge in [-0.05, 0) is 49.4 Å². The third-order valence-electron chi connectivity index (χ3n) is 6.41. The Bertz CT molecular complexity index is 1430. The molecule has 1 aromatic heterocycles. The van der Waals surface area contributed by atoms with Gasteiger partial charge in [-0.2, -0.15) is 0 Å². The lowest BCUT2D eigenvalue weighted by molar-refractivity contribution is -0.143. The molecule has 8 nitrogen and oxygen atoms in total. The first-order chi connectivity index (χ1) is 18.6. The summed E-state index contributed by atoms with van der Waals surface area (Å²) in [5.74, 6) is 0.733. The van der Waals surface area contributed by atoms with E-state index < -0.39 is 0 Å². The van der Waals surface area contributed by atoms with Crippen LogP contribution in [0, 0.1) is 0 Å². The number of nitrogens with zero attached hydrogens (tertiary/aromatic N) is 4. The lowest BCUT2D eigenvalue weighted by Gasteiger charge is -2.27. The van der Waals surface area contributed by atoms with Crippen molar-refractivity contribution in [2.45, 2.75) is 37.8 Å². The Labute approximate surface area is 225 Å². The lowest BCUT2D eigenvalue weighted by atomic mass is 9.94. The van der Waals surface area contributed by atoms with Crippen molar-refractivity contribution in [1.82, 2.24) is 19.7 Å². The topological polar surface area (TPSA) is 94.4 Å². The number of esters is 1. The van der Waals surface area contributed by atoms with Gasteiger partial charge in [0.15, 0.2) is 5.16 Å². The Morgan fingerprint density at radius 3 is 2.29 bits per heavy atom. The van der Waals surface area contributed by atoms with E-state index in [0.29, 0.717) is 49.2 Å². The number of carbonyl (C=O) groups excluding carboxylic acids is 3. The van der Waals surface area contributed by atoms with E-state index in [0.717, 1.165) is 27.4 Å². The molecule has 0 aliphatic carbocycles. The Morgan fingerprint density at radius 1 is 0.895 bits per heavy atom. The summed E-state index contributed by atoms with van der Waals surface area (Å²) in [6.45, 7) is 2.47. The standard InChI is InChI=1S/C29H28N4O4S/c1-2-37-25(34)17-9-19-38-29-31-30-24(33(29)21-12-4-3-5-13-21)16-8-18-32-27(35)22-14-6-10-20-11-7-15-23(26(20)22)28(32)36/h3-7,10-15H,2,8-9,16-19H2,1H3. The molecule has 38 heavy (non-hydrogen) atoms. The summed E-state index contributed by atoms with van der Waals surface area (Å²) >= 11 is 1.54. The zero-order valence-electron chi connectivity index (χ0n) is 21.1. The van der Waals surface area contributed by atoms with Gasteiger partial charge < -0.3 is 4.74 Å². The van der Waals surface area contributed by atoms with Crippen molar-refractivity contribution in [2.24, 2.45) is 0 Å². The molecule has 0 atom stereocenters. The van der Waals surface area contributed by atoms with Crippen LogP contribution in [-0.4, -0.2) is 56.4 Å². The summed E-state index contributed by atoms with van der Waals surface area (Å²) in [6, 6.07) is 20.9. The molecule has 194 valence electrons. The average molecular weight is 529 g/mol. The van der Waals surface area contributed by atoms with Gasteiger partial charge in [-0.1, -0.05) is 54.2 Å². The van der Waals surface area contributed by atoms with E-state index in [2.05, 4.69) is 10.2 Å². The van der Waals surface area contributed by atoms with Crippen molar-refractivity contribution in [3.8, 4) is 5.69 Å². The van der Waals surface area contributed by atoms with E-state index in [1.807, 2.05) is 59.2 Å². The highest BCUT2D eigenvalue weighted by Crippen LogP contribution is 2.30. The van der Waals surface area contributed by atoms with Gasteiger partial charge in [0.2, 0.25) is 0 Å². The van der Waals surface area contributed by atoms with Gasteiger partial charge in [0.05, 0.1) is 6.61 Å². The number of ether oxygens (including phenoxy) is 1. The molecule has 0 saturated carbocycles. The van der Waals surface area contributed by atoms with Crippen LogP contribution in [0.2, 0.25) is 0 Å². The fourth-order valence-corrected chi connectivity index (χ4v) is 5.59. The number of imide groups is 1. The van der Waals surface area contributed by atoms with Gasteiger partial charge >= 0.3 is 5.97 Å². The number of amides is 2. The van der Waals surface area contributed by atoms with Crippen LogP contribution >= 0.6 is 11.8 Å². The lowest BCUT2D eigenvalue weighted by Crippen LogP contribution is -2.41. The summed E-state index contributed by atoms with van der Waals surface area (Å²) in [7, 11) is 0. The number of aromatic nitrogens is 3. The van der Waals surface area contributed by atoms with Crippen molar-refractivity contribution < 1.29 is 19.1 Å². The van der Waals surface area contributed by atoms with E-state index in [-0.39, 0.29) is 24.3 Å². The fourth-order valence-electron chi connectivity index (χ4n) is 4.68. The molecule has 0 radical (unpaired) electrons. The second kappa shape index (κ2) is 11.6. The predicted octanol–water partition coefficient (Wildman–Crippen LogP) is 5.08. The second-order valence-electron chi connectivity index (χ2n) is 8.90. The molecule has 0 N–H and O–H groups in total. The van der Waals surface area contributed by atoms with E-state index in [1.54, 1.807) is 19.1 Å². The third kappa shape index (κ3) is 5.19. The Balaban J connectivity index is 1.29. The largest absolute Gasteiger partial charge is 0.466 e. The van der Waals surface area contributed by atoms with E-state index in [1.165, 1.54) is 16.7 Å². The highest BCUT2D eigenvalue weighted by atomic mass is 32.2. The van der Waals surface area contributed by atoms with Gasteiger partial charge in [0.25, 0.3) is 11.8 Å². The minimum absolute atomic E-state index is 0.195. The summed E-state index contributed by atoms with van der Waals surface area (Å²) in [4.78, 5) is 39.4. The SMILES string of the molecule is CCOC(=O)CCCSc1nnc(CCCN2C(=O)c3cccc4cccc(c34)C2=O)n1-c1ccccc1. The molecule has 5 rings (SSSR count). The minimum atomic E-state index is -0.262. The average Bonchev–Trinajstić information content (AvgIpc) is 3.34. The number of hydrogen-bond acceptors (Lipinski definition) is 7. The monoisotopic (exact) mass is 528 g/mol. The van der Waals surface area contributed by atoms with Crippen LogP contribution in [0.15, 0.2) is 71.9 Å². The number of carbonyl (C=O) groups is 3. The molecule has 1 aliphatic heterocycles. The highest BCUT2D eigenvalue weighted by molar-refractivity contribution is 7.99. The van der Waals surface area contributed by atoms with Crippen LogP contribution in [0.1, 0.15) is 52.7 Å². The highest BCUT2D eigenvalue weighted by Gasteiger charge is 2.32. The number of thioether (sulfide) groups is 1. The molecule has 1 aliphatic rings. The molecular formula is C29H28N4O4S. The molecule has 4 aromatic rings. The third-order valence-corrected chi connectivity index (χ3v) is 7.43. The first-order valence-electron chi connectivity index (χ1n) is 12.7. The molecule has 2 amide bonds. The smallest absolute Gasteiger partial charge is 0.305 e. The number of benzene rings is 3. The number of hydrogen-bond donors (Lipinski definition) is 0. The molecule has 0 fully saturated rings. The van der Waals surface area contributed by atoms with Gasteiger partial charge in [-0.25, -0.2) is 0 Å². The molecule has 0 bridgehead atoms. The maximum absolute atomic E-state index is 13.2. The van der Waals surface area contributed by atoms with Crippen LogP contribution in [0.3, 0.4) is 0 Å². The Hall–Kier alpha value is -3.98. The molecular weight excluding hydrogens is 500 g/mol. The summed E-state index contributed by atoms with van der Waals surface area (Å²) in [5.41, 5.74) is 2.06. The van der Waals surface area contributed by atoms with Crippen molar-refractivity contribution in [1.29, 1.82) is 0 Å². The van der Waals surface area contributed by atoms with E-state index in [4.69, 9.17) is 4.74 Å². The number of para-hydroxylation sites is 1. The van der Waals surface area contributed by atoms with Crippen LogP contribution in [-0.2, 0) is 16.0 Å². The van der Waals surface area contributed by atoms with Crippen LogP contribution < -0.4 is 0 Å². The molecule has 0 saturated heterocycles. The predicted molar refractivity (Wildman–Crippen MR) is 146 cm³/mol. The Morgan fingerprint density at radius 2 is 1.61 bits per heavy atom. The number of rotatable bonds is 11. The maximum atomic E-state index is 13.2. The van der Waals surface area contributed by atoms with Gasteiger partial charge in [-0.3, -0.25) is 23.9 Å². The normalized spacial score (nSPS) is 12.8. The summed E-state index contributed by atoms with van der Waals surface area (Å²) in [5, 5.41) is 11.2. The van der Waals surface area contributed by atoms with Crippen molar-refractivity contribution in [3.05, 3.63) is 83.7 Å². The summed E-state index contributed by atoms with van der Waals surface area (Å²) < 4.78 is 7.01. The summed E-state index contributed by atoms with van der Waals surface area (Å²) in [6.07, 6.45) is 2.12. The quantitative estimate of drug-likeness (QED) is 0.116. The van der Waals surface area contributed by atoms with E-state index in [9.17, 15) is 14.4 Å². The number of aryl methyl sites for hydroxylation is 1. The Kier molecular flexibility index (Phi) is 7.83. The first-order valence-corrected chi connectivity index (χ1v) is 13.7.